The molecule has 1 unspecified atom stereocenters. The van der Waals surface area contributed by atoms with Crippen LogP contribution in [0.2, 0.25) is 0 Å². The predicted molar refractivity (Wildman–Crippen MR) is 165 cm³/mol. The standard InChI is InChI=1S/C33H31N5O2S/c1-3-29(32(40)35-27-18-14-23(2)15-19-27)41-33-37-36-30(38(33)22-24-10-6-4-7-11-24)25-16-20-28(21-17-25)34-31(39)26-12-8-5-9-13-26/h4-21,29H,3,22H2,1-2H3,(H,34,39)(H,35,40). The van der Waals surface area contributed by atoms with Crippen LogP contribution in [0, 0.1) is 6.92 Å². The number of nitrogens with one attached hydrogen (secondary N) is 2. The Morgan fingerprint density at radius 3 is 2.05 bits per heavy atom. The number of thioether (sulfide) groups is 1. The molecule has 1 heterocycles. The van der Waals surface area contributed by atoms with Gasteiger partial charge in [-0.15, -0.1) is 10.2 Å². The summed E-state index contributed by atoms with van der Waals surface area (Å²) in [6, 6.07) is 34.5. The van der Waals surface area contributed by atoms with Crippen LogP contribution in [0.3, 0.4) is 0 Å². The van der Waals surface area contributed by atoms with Crippen molar-refractivity contribution in [2.45, 2.75) is 37.2 Å². The molecule has 41 heavy (non-hydrogen) atoms. The molecule has 206 valence electrons. The molecular formula is C33H31N5O2S. The van der Waals surface area contributed by atoms with Crippen LogP contribution < -0.4 is 10.6 Å². The first-order chi connectivity index (χ1) is 20.0. The van der Waals surface area contributed by atoms with E-state index in [4.69, 9.17) is 0 Å². The fourth-order valence-electron chi connectivity index (χ4n) is 4.30. The lowest BCUT2D eigenvalue weighted by atomic mass is 10.1. The Kier molecular flexibility index (Phi) is 8.91. The van der Waals surface area contributed by atoms with E-state index in [0.29, 0.717) is 35.2 Å². The van der Waals surface area contributed by atoms with Crippen LogP contribution in [0.1, 0.15) is 34.8 Å². The van der Waals surface area contributed by atoms with Gasteiger partial charge in [-0.2, -0.15) is 0 Å². The highest BCUT2D eigenvalue weighted by Crippen LogP contribution is 2.30. The number of hydrogen-bond donors (Lipinski definition) is 2. The number of anilines is 2. The topological polar surface area (TPSA) is 88.9 Å². The van der Waals surface area contributed by atoms with Crippen molar-refractivity contribution in [3.05, 3.63) is 126 Å². The normalized spacial score (nSPS) is 11.6. The highest BCUT2D eigenvalue weighted by atomic mass is 32.2. The number of carbonyl (C=O) groups excluding carboxylic acids is 2. The molecule has 5 aromatic rings. The molecule has 0 saturated carbocycles. The Morgan fingerprint density at radius 2 is 1.39 bits per heavy atom. The molecule has 0 aliphatic heterocycles. The summed E-state index contributed by atoms with van der Waals surface area (Å²) in [6.45, 7) is 4.56. The maximum absolute atomic E-state index is 13.2. The number of aryl methyl sites for hydroxylation is 1. The number of carbonyl (C=O) groups is 2. The fourth-order valence-corrected chi connectivity index (χ4v) is 5.26. The molecule has 0 fully saturated rings. The molecular weight excluding hydrogens is 530 g/mol. The van der Waals surface area contributed by atoms with Gasteiger partial charge in [-0.05, 0) is 67.4 Å². The average Bonchev–Trinajstić information content (AvgIpc) is 3.40. The number of amides is 2. The summed E-state index contributed by atoms with van der Waals surface area (Å²) in [5, 5.41) is 15.3. The molecule has 8 heteroatoms. The van der Waals surface area contributed by atoms with Crippen molar-refractivity contribution in [3.8, 4) is 11.4 Å². The maximum atomic E-state index is 13.2. The first-order valence-corrected chi connectivity index (χ1v) is 14.4. The van der Waals surface area contributed by atoms with Crippen LogP contribution in [0.25, 0.3) is 11.4 Å². The average molecular weight is 562 g/mol. The van der Waals surface area contributed by atoms with Gasteiger partial charge in [0.2, 0.25) is 5.91 Å². The summed E-state index contributed by atoms with van der Waals surface area (Å²) >= 11 is 1.41. The maximum Gasteiger partial charge on any atom is 0.255 e. The van der Waals surface area contributed by atoms with Gasteiger partial charge in [-0.3, -0.25) is 14.2 Å². The molecule has 0 aliphatic carbocycles. The number of benzene rings is 4. The van der Waals surface area contributed by atoms with E-state index >= 15 is 0 Å². The van der Waals surface area contributed by atoms with Gasteiger partial charge >= 0.3 is 0 Å². The quantitative estimate of drug-likeness (QED) is 0.178. The van der Waals surface area contributed by atoms with Gasteiger partial charge in [0, 0.05) is 22.5 Å². The zero-order valence-electron chi connectivity index (χ0n) is 23.0. The van der Waals surface area contributed by atoms with Crippen LogP contribution in [0.5, 0.6) is 0 Å². The zero-order valence-corrected chi connectivity index (χ0v) is 23.8. The molecule has 5 rings (SSSR count). The van der Waals surface area contributed by atoms with E-state index in [9.17, 15) is 9.59 Å². The lowest BCUT2D eigenvalue weighted by Gasteiger charge is -2.16. The van der Waals surface area contributed by atoms with Crippen LogP contribution >= 0.6 is 11.8 Å². The molecule has 0 bridgehead atoms. The predicted octanol–water partition coefficient (Wildman–Crippen LogP) is 7.06. The van der Waals surface area contributed by atoms with Crippen LogP contribution in [-0.2, 0) is 11.3 Å². The SMILES string of the molecule is CCC(Sc1nnc(-c2ccc(NC(=O)c3ccccc3)cc2)n1Cc1ccccc1)C(=O)Nc1ccc(C)cc1. The van der Waals surface area contributed by atoms with E-state index < -0.39 is 0 Å². The third-order valence-electron chi connectivity index (χ3n) is 6.57. The third kappa shape index (κ3) is 7.10. The fraction of sp³-hybridized carbons (Fsp3) is 0.152. The molecule has 7 nitrogen and oxygen atoms in total. The van der Waals surface area contributed by atoms with Crippen LogP contribution in [0.4, 0.5) is 11.4 Å². The minimum absolute atomic E-state index is 0.0734. The number of hydrogen-bond acceptors (Lipinski definition) is 5. The summed E-state index contributed by atoms with van der Waals surface area (Å²) in [5.41, 5.74) is 5.14. The molecule has 1 atom stereocenters. The van der Waals surface area contributed by atoms with Crippen molar-refractivity contribution < 1.29 is 9.59 Å². The minimum atomic E-state index is -0.349. The van der Waals surface area contributed by atoms with E-state index in [1.807, 2.05) is 103 Å². The summed E-state index contributed by atoms with van der Waals surface area (Å²) in [4.78, 5) is 25.8. The van der Waals surface area contributed by atoms with E-state index in [0.717, 1.165) is 22.4 Å². The van der Waals surface area contributed by atoms with Gasteiger partial charge in [-0.1, -0.05) is 84.9 Å². The second-order valence-corrected chi connectivity index (χ2v) is 10.8. The Labute approximate surface area is 244 Å². The van der Waals surface area contributed by atoms with E-state index in [-0.39, 0.29) is 17.1 Å². The smallest absolute Gasteiger partial charge is 0.255 e. The van der Waals surface area contributed by atoms with E-state index in [1.54, 1.807) is 12.1 Å². The molecule has 0 saturated heterocycles. The van der Waals surface area contributed by atoms with Gasteiger partial charge < -0.3 is 10.6 Å². The van der Waals surface area contributed by atoms with Gasteiger partial charge in [0.25, 0.3) is 5.91 Å². The lowest BCUT2D eigenvalue weighted by Crippen LogP contribution is -2.25. The van der Waals surface area contributed by atoms with Crippen molar-refractivity contribution in [1.29, 1.82) is 0 Å². The Balaban J connectivity index is 1.38. The van der Waals surface area contributed by atoms with Crippen LogP contribution in [-0.4, -0.2) is 31.8 Å². The number of aromatic nitrogens is 3. The Bertz CT molecular complexity index is 1600. The molecule has 1 aromatic heterocycles. The third-order valence-corrected chi connectivity index (χ3v) is 7.91. The van der Waals surface area contributed by atoms with Crippen molar-refractivity contribution in [2.24, 2.45) is 0 Å². The summed E-state index contributed by atoms with van der Waals surface area (Å²) in [6.07, 6.45) is 0.631. The summed E-state index contributed by atoms with van der Waals surface area (Å²) in [7, 11) is 0. The number of rotatable bonds is 10. The number of nitrogens with zero attached hydrogens (tertiary/aromatic N) is 3. The van der Waals surface area contributed by atoms with Gasteiger partial charge in [0.05, 0.1) is 11.8 Å². The highest BCUT2D eigenvalue weighted by Gasteiger charge is 2.23. The van der Waals surface area contributed by atoms with Crippen molar-refractivity contribution >= 4 is 35.0 Å². The van der Waals surface area contributed by atoms with Crippen molar-refractivity contribution in [3.63, 3.8) is 0 Å². The molecule has 2 N–H and O–H groups in total. The summed E-state index contributed by atoms with van der Waals surface area (Å²) in [5.74, 6) is 0.445. The van der Waals surface area contributed by atoms with Crippen LogP contribution in [0.15, 0.2) is 114 Å². The largest absolute Gasteiger partial charge is 0.325 e. The lowest BCUT2D eigenvalue weighted by molar-refractivity contribution is -0.115. The first kappa shape index (κ1) is 27.9. The Morgan fingerprint density at radius 1 is 0.780 bits per heavy atom. The highest BCUT2D eigenvalue weighted by molar-refractivity contribution is 8.00. The molecule has 0 aliphatic rings. The van der Waals surface area contributed by atoms with Crippen molar-refractivity contribution in [1.82, 2.24) is 14.8 Å². The van der Waals surface area contributed by atoms with E-state index in [2.05, 4.69) is 33.0 Å². The second kappa shape index (κ2) is 13.1. The van der Waals surface area contributed by atoms with Gasteiger partial charge in [-0.25, -0.2) is 0 Å². The Hall–Kier alpha value is -4.69. The molecule has 2 amide bonds. The molecule has 0 spiro atoms. The van der Waals surface area contributed by atoms with Gasteiger partial charge in [0.1, 0.15) is 0 Å². The zero-order chi connectivity index (χ0) is 28.6. The second-order valence-electron chi connectivity index (χ2n) is 9.65. The monoisotopic (exact) mass is 561 g/mol. The van der Waals surface area contributed by atoms with E-state index in [1.165, 1.54) is 11.8 Å². The minimum Gasteiger partial charge on any atom is -0.325 e. The van der Waals surface area contributed by atoms with Crippen molar-refractivity contribution in [2.75, 3.05) is 10.6 Å². The van der Waals surface area contributed by atoms with Gasteiger partial charge in [0.15, 0.2) is 11.0 Å². The molecule has 0 radical (unpaired) electrons. The molecule has 4 aromatic carbocycles. The summed E-state index contributed by atoms with van der Waals surface area (Å²) < 4.78 is 2.04. The first-order valence-electron chi connectivity index (χ1n) is 13.5.